The van der Waals surface area contributed by atoms with Crippen molar-refractivity contribution in [3.05, 3.63) is 90.5 Å². The minimum Gasteiger partial charge on any atom is -0.322 e. The van der Waals surface area contributed by atoms with E-state index in [1.807, 2.05) is 24.3 Å². The fourth-order valence-electron chi connectivity index (χ4n) is 3.88. The number of anilines is 1. The van der Waals surface area contributed by atoms with Crippen molar-refractivity contribution in [1.82, 2.24) is 19.9 Å². The van der Waals surface area contributed by atoms with Crippen LogP contribution in [0.15, 0.2) is 79.1 Å². The highest BCUT2D eigenvalue weighted by Gasteiger charge is 2.15. The summed E-state index contributed by atoms with van der Waals surface area (Å²) in [5.41, 5.74) is 5.19. The van der Waals surface area contributed by atoms with Crippen LogP contribution in [0.2, 0.25) is 0 Å². The number of rotatable bonds is 2. The monoisotopic (exact) mass is 419 g/mol. The van der Waals surface area contributed by atoms with Crippen molar-refractivity contribution in [1.29, 1.82) is 0 Å². The van der Waals surface area contributed by atoms with Gasteiger partial charge < -0.3 is 5.32 Å². The first-order valence-electron chi connectivity index (χ1n) is 9.97. The molecule has 0 radical (unpaired) electrons. The molecule has 1 amide bonds. The molecule has 0 fully saturated rings. The maximum absolute atomic E-state index is 13.1. The van der Waals surface area contributed by atoms with Gasteiger partial charge in [-0.25, -0.2) is 14.4 Å². The van der Waals surface area contributed by atoms with E-state index in [4.69, 9.17) is 9.97 Å². The van der Waals surface area contributed by atoms with Crippen LogP contribution in [0.25, 0.3) is 43.9 Å². The second-order valence-electron chi connectivity index (χ2n) is 7.38. The molecule has 0 atom stereocenters. The van der Waals surface area contributed by atoms with E-state index in [0.717, 1.165) is 27.3 Å². The van der Waals surface area contributed by atoms with E-state index in [2.05, 4.69) is 15.3 Å². The molecule has 1 N–H and O–H groups in total. The summed E-state index contributed by atoms with van der Waals surface area (Å²) in [7, 11) is 0. The fraction of sp³-hybridized carbons (Fsp3) is 0. The van der Waals surface area contributed by atoms with E-state index >= 15 is 0 Å². The summed E-state index contributed by atoms with van der Waals surface area (Å²) in [4.78, 5) is 31.5. The highest BCUT2D eigenvalue weighted by Crippen LogP contribution is 2.31. The number of benzene rings is 3. The zero-order valence-electron chi connectivity index (χ0n) is 16.6. The summed E-state index contributed by atoms with van der Waals surface area (Å²) in [6.07, 6.45) is 3.47. The molecule has 7 heteroatoms. The van der Waals surface area contributed by atoms with Crippen molar-refractivity contribution in [3.8, 4) is 0 Å². The normalized spacial score (nSPS) is 11.4. The number of fused-ring (bicyclic) bond motifs is 7. The Morgan fingerprint density at radius 1 is 0.719 bits per heavy atom. The molecule has 0 saturated carbocycles. The molecule has 3 heterocycles. The van der Waals surface area contributed by atoms with Crippen LogP contribution < -0.4 is 5.32 Å². The first-order chi connectivity index (χ1) is 15.7. The number of halogens is 1. The van der Waals surface area contributed by atoms with Crippen LogP contribution in [-0.4, -0.2) is 25.8 Å². The lowest BCUT2D eigenvalue weighted by Crippen LogP contribution is -2.11. The van der Waals surface area contributed by atoms with Gasteiger partial charge in [0.2, 0.25) is 0 Å². The number of amides is 1. The Morgan fingerprint density at radius 3 is 2.00 bits per heavy atom. The van der Waals surface area contributed by atoms with Gasteiger partial charge in [0.15, 0.2) is 0 Å². The number of pyridine rings is 2. The molecule has 0 spiro atoms. The van der Waals surface area contributed by atoms with Gasteiger partial charge >= 0.3 is 0 Å². The first-order valence-corrected chi connectivity index (χ1v) is 9.97. The average molecular weight is 419 g/mol. The second kappa shape index (κ2) is 7.02. The number of aromatic nitrogens is 4. The maximum Gasteiger partial charge on any atom is 0.255 e. The molecule has 0 aliphatic carbocycles. The molecule has 0 aliphatic heterocycles. The SMILES string of the molecule is O=C(Nc1ccc(F)cc1)c1ccc2nc3c4cccnc4c4ncccc4c3nc2c1. The highest BCUT2D eigenvalue weighted by molar-refractivity contribution is 6.21. The molecule has 0 bridgehead atoms. The third-order valence-electron chi connectivity index (χ3n) is 5.38. The Morgan fingerprint density at radius 2 is 1.34 bits per heavy atom. The summed E-state index contributed by atoms with van der Waals surface area (Å²) in [6.45, 7) is 0. The molecule has 0 saturated heterocycles. The van der Waals surface area contributed by atoms with E-state index in [0.29, 0.717) is 27.8 Å². The van der Waals surface area contributed by atoms with Crippen molar-refractivity contribution in [2.75, 3.05) is 5.32 Å². The minimum absolute atomic E-state index is 0.311. The Kier molecular flexibility index (Phi) is 4.01. The summed E-state index contributed by atoms with van der Waals surface area (Å²) in [5, 5.41) is 4.50. The molecule has 3 aromatic heterocycles. The van der Waals surface area contributed by atoms with Gasteiger partial charge in [-0.05, 0) is 66.7 Å². The van der Waals surface area contributed by atoms with Gasteiger partial charge in [-0.2, -0.15) is 0 Å². The van der Waals surface area contributed by atoms with Gasteiger partial charge in [0, 0.05) is 34.4 Å². The van der Waals surface area contributed by atoms with Gasteiger partial charge in [-0.15, -0.1) is 0 Å². The van der Waals surface area contributed by atoms with Crippen LogP contribution in [0, 0.1) is 5.82 Å². The van der Waals surface area contributed by atoms with Crippen molar-refractivity contribution < 1.29 is 9.18 Å². The number of carbonyl (C=O) groups is 1. The number of nitrogens with one attached hydrogen (secondary N) is 1. The number of carbonyl (C=O) groups excluding carboxylic acids is 1. The Balaban J connectivity index is 1.53. The number of nitrogens with zero attached hydrogens (tertiary/aromatic N) is 4. The van der Waals surface area contributed by atoms with Gasteiger partial charge in [0.25, 0.3) is 5.91 Å². The zero-order chi connectivity index (χ0) is 21.7. The van der Waals surface area contributed by atoms with E-state index in [9.17, 15) is 9.18 Å². The lowest BCUT2D eigenvalue weighted by atomic mass is 10.1. The van der Waals surface area contributed by atoms with Crippen LogP contribution in [-0.2, 0) is 0 Å². The van der Waals surface area contributed by atoms with E-state index in [1.54, 1.807) is 30.6 Å². The zero-order valence-corrected chi connectivity index (χ0v) is 16.6. The lowest BCUT2D eigenvalue weighted by molar-refractivity contribution is 0.102. The standard InChI is InChI=1S/C25H14FN5O/c26-15-6-8-16(9-7-15)29-25(32)14-5-10-19-20(13-14)31-24-18-4-2-12-28-22(18)21-17(23(24)30-19)3-1-11-27-21/h1-13H,(H,29,32). The molecule has 3 aromatic carbocycles. The molecule has 6 nitrogen and oxygen atoms in total. The molecule has 6 aromatic rings. The molecule has 32 heavy (non-hydrogen) atoms. The Bertz CT molecular complexity index is 1680. The topological polar surface area (TPSA) is 80.7 Å². The van der Waals surface area contributed by atoms with Gasteiger partial charge in [-0.3, -0.25) is 14.8 Å². The Hall–Kier alpha value is -4.52. The molecular weight excluding hydrogens is 405 g/mol. The maximum atomic E-state index is 13.1. The van der Waals surface area contributed by atoms with Crippen LogP contribution in [0.5, 0.6) is 0 Å². The highest BCUT2D eigenvalue weighted by atomic mass is 19.1. The molecular formula is C25H14FN5O. The average Bonchev–Trinajstić information content (AvgIpc) is 2.84. The van der Waals surface area contributed by atoms with Crippen molar-refractivity contribution >= 4 is 55.5 Å². The van der Waals surface area contributed by atoms with Crippen molar-refractivity contribution in [2.45, 2.75) is 0 Å². The predicted molar refractivity (Wildman–Crippen MR) is 122 cm³/mol. The van der Waals surface area contributed by atoms with Crippen LogP contribution in [0.3, 0.4) is 0 Å². The number of hydrogen-bond acceptors (Lipinski definition) is 5. The second-order valence-corrected chi connectivity index (χ2v) is 7.38. The van der Waals surface area contributed by atoms with Gasteiger partial charge in [-0.1, -0.05) is 0 Å². The van der Waals surface area contributed by atoms with Gasteiger partial charge in [0.1, 0.15) is 5.82 Å². The van der Waals surface area contributed by atoms with Crippen LogP contribution in [0.4, 0.5) is 10.1 Å². The quantitative estimate of drug-likeness (QED) is 0.305. The minimum atomic E-state index is -0.361. The summed E-state index contributed by atoms with van der Waals surface area (Å²) in [5.74, 6) is -0.671. The summed E-state index contributed by atoms with van der Waals surface area (Å²) >= 11 is 0. The lowest BCUT2D eigenvalue weighted by Gasteiger charge is -2.10. The largest absolute Gasteiger partial charge is 0.322 e. The fourth-order valence-corrected chi connectivity index (χ4v) is 3.88. The van der Waals surface area contributed by atoms with E-state index in [1.165, 1.54) is 24.3 Å². The van der Waals surface area contributed by atoms with E-state index in [-0.39, 0.29) is 11.7 Å². The van der Waals surface area contributed by atoms with Crippen LogP contribution in [0.1, 0.15) is 10.4 Å². The first kappa shape index (κ1) is 18.3. The Labute approximate surface area is 180 Å². The van der Waals surface area contributed by atoms with Gasteiger partial charge in [0.05, 0.1) is 33.1 Å². The predicted octanol–water partition coefficient (Wildman–Crippen LogP) is 5.27. The molecule has 152 valence electrons. The number of hydrogen-bond donors (Lipinski definition) is 1. The molecule has 6 rings (SSSR count). The van der Waals surface area contributed by atoms with Crippen molar-refractivity contribution in [2.24, 2.45) is 0 Å². The molecule has 0 aliphatic rings. The van der Waals surface area contributed by atoms with Crippen molar-refractivity contribution in [3.63, 3.8) is 0 Å². The summed E-state index contributed by atoms with van der Waals surface area (Å²) < 4.78 is 13.1. The smallest absolute Gasteiger partial charge is 0.255 e. The third-order valence-corrected chi connectivity index (χ3v) is 5.38. The van der Waals surface area contributed by atoms with Crippen LogP contribution >= 0.6 is 0 Å². The molecule has 0 unspecified atom stereocenters. The van der Waals surface area contributed by atoms with E-state index < -0.39 is 0 Å². The third kappa shape index (κ3) is 2.91. The summed E-state index contributed by atoms with van der Waals surface area (Å²) in [6, 6.07) is 18.4.